The lowest BCUT2D eigenvalue weighted by molar-refractivity contribution is 0.435. The zero-order valence-corrected chi connectivity index (χ0v) is 11.8. The van der Waals surface area contributed by atoms with Crippen LogP contribution in [0, 0.1) is 11.8 Å². The average Bonchev–Trinajstić information content (AvgIpc) is 2.25. The summed E-state index contributed by atoms with van der Waals surface area (Å²) in [5.41, 5.74) is 1.57. The van der Waals surface area contributed by atoms with E-state index in [0.717, 1.165) is 5.92 Å². The Morgan fingerprint density at radius 2 is 2.33 bits per heavy atom. The van der Waals surface area contributed by atoms with E-state index in [0.29, 0.717) is 5.92 Å². The first kappa shape index (κ1) is 12.8. The van der Waals surface area contributed by atoms with E-state index in [-0.39, 0.29) is 0 Å². The molecule has 0 radical (unpaired) electrons. The van der Waals surface area contributed by atoms with Gasteiger partial charge in [0.1, 0.15) is 0 Å². The molecule has 1 aliphatic rings. The lowest BCUT2D eigenvalue weighted by Gasteiger charge is -2.19. The third-order valence-electron chi connectivity index (χ3n) is 3.11. The predicted octanol–water partition coefficient (Wildman–Crippen LogP) is 3.76. The van der Waals surface area contributed by atoms with Crippen LogP contribution in [-0.4, -0.2) is 10.2 Å². The van der Waals surface area contributed by atoms with Gasteiger partial charge in [0.25, 0.3) is 10.2 Å². The normalized spacial score (nSPS) is 22.3. The van der Waals surface area contributed by atoms with Gasteiger partial charge in [0.15, 0.2) is 0 Å². The van der Waals surface area contributed by atoms with Crippen molar-refractivity contribution in [3.8, 4) is 0 Å². The van der Waals surface area contributed by atoms with Gasteiger partial charge in [-0.05, 0) is 43.9 Å². The summed E-state index contributed by atoms with van der Waals surface area (Å²) in [6.07, 6.45) is 14.0. The molecule has 0 saturated carbocycles. The Hall–Kier alpha value is -0.303. The number of hydrogen-bond acceptors (Lipinski definition) is 0. The molecule has 0 spiro atoms. The third-order valence-corrected chi connectivity index (χ3v) is 3.61. The molecule has 0 amide bonds. The SMILES string of the molecule is CC(C)/C=C/C1=CCC(CCC[SiH2+])CC1. The molecule has 0 aromatic heterocycles. The van der Waals surface area contributed by atoms with Gasteiger partial charge in [-0.1, -0.05) is 37.6 Å². The van der Waals surface area contributed by atoms with Crippen LogP contribution in [-0.2, 0) is 0 Å². The van der Waals surface area contributed by atoms with Crippen molar-refractivity contribution in [1.82, 2.24) is 0 Å². The van der Waals surface area contributed by atoms with Crippen LogP contribution in [0.3, 0.4) is 0 Å². The van der Waals surface area contributed by atoms with Crippen molar-refractivity contribution in [3.63, 3.8) is 0 Å². The molecule has 0 nitrogen and oxygen atoms in total. The van der Waals surface area contributed by atoms with Gasteiger partial charge in [0.05, 0.1) is 6.04 Å². The first-order chi connectivity index (χ1) is 7.22. The van der Waals surface area contributed by atoms with Gasteiger partial charge in [0, 0.05) is 0 Å². The van der Waals surface area contributed by atoms with E-state index in [1.165, 1.54) is 38.1 Å². The molecular formula is C14H25Si+. The van der Waals surface area contributed by atoms with Crippen LogP contribution in [0.5, 0.6) is 0 Å². The Labute approximate surface area is 98.3 Å². The Balaban J connectivity index is 2.31. The standard InChI is InChI=1S/C14H25Si/c1-12(2)5-6-14-9-7-13(8-10-14)4-3-11-15/h5-6,9,12-13H,3-4,7-8,10-11,15H2,1-2H3/q+1/b6-5+. The Kier molecular flexibility index (Phi) is 6.00. The molecule has 15 heavy (non-hydrogen) atoms. The summed E-state index contributed by atoms with van der Waals surface area (Å²) in [6, 6.07) is 1.38. The monoisotopic (exact) mass is 221 g/mol. The minimum absolute atomic E-state index is 0.685. The number of allylic oxidation sites excluding steroid dienone is 4. The van der Waals surface area contributed by atoms with Gasteiger partial charge in [-0.15, -0.1) is 0 Å². The Morgan fingerprint density at radius 1 is 1.53 bits per heavy atom. The first-order valence-corrected chi connectivity index (χ1v) is 7.39. The zero-order valence-electron chi connectivity index (χ0n) is 10.3. The molecule has 0 fully saturated rings. The minimum atomic E-state index is 0.685. The largest absolute Gasteiger partial charge is 0.283 e. The van der Waals surface area contributed by atoms with Gasteiger partial charge in [-0.25, -0.2) is 0 Å². The van der Waals surface area contributed by atoms with Crippen LogP contribution in [0.25, 0.3) is 0 Å². The summed E-state index contributed by atoms with van der Waals surface area (Å²) in [7, 11) is 2.11. The van der Waals surface area contributed by atoms with Crippen molar-refractivity contribution >= 4 is 10.2 Å². The fraction of sp³-hybridized carbons (Fsp3) is 0.714. The van der Waals surface area contributed by atoms with Crippen molar-refractivity contribution < 1.29 is 0 Å². The molecule has 1 heteroatoms. The number of hydrogen-bond donors (Lipinski definition) is 0. The Bertz CT molecular complexity index is 225. The zero-order chi connectivity index (χ0) is 11.1. The summed E-state index contributed by atoms with van der Waals surface area (Å²) in [5, 5.41) is 0. The summed E-state index contributed by atoms with van der Waals surface area (Å²) >= 11 is 0. The maximum absolute atomic E-state index is 2.46. The van der Waals surface area contributed by atoms with E-state index in [1.54, 1.807) is 5.57 Å². The second-order valence-corrected chi connectivity index (χ2v) is 5.73. The smallest absolute Gasteiger partial charge is 0.0817 e. The first-order valence-electron chi connectivity index (χ1n) is 6.39. The van der Waals surface area contributed by atoms with E-state index >= 15 is 0 Å². The molecule has 84 valence electrons. The van der Waals surface area contributed by atoms with E-state index in [1.807, 2.05) is 0 Å². The van der Waals surface area contributed by atoms with Crippen LogP contribution in [0.2, 0.25) is 6.04 Å². The van der Waals surface area contributed by atoms with Gasteiger partial charge >= 0.3 is 0 Å². The van der Waals surface area contributed by atoms with Gasteiger partial charge < -0.3 is 0 Å². The number of rotatable bonds is 5. The molecule has 1 atom stereocenters. The quantitative estimate of drug-likeness (QED) is 0.620. The molecule has 0 aromatic rings. The summed E-state index contributed by atoms with van der Waals surface area (Å²) < 4.78 is 0. The fourth-order valence-electron chi connectivity index (χ4n) is 2.07. The minimum Gasteiger partial charge on any atom is -0.0817 e. The van der Waals surface area contributed by atoms with Crippen LogP contribution >= 0.6 is 0 Å². The van der Waals surface area contributed by atoms with Crippen molar-refractivity contribution in [2.45, 2.75) is 52.0 Å². The second-order valence-electron chi connectivity index (χ2n) is 5.02. The van der Waals surface area contributed by atoms with Crippen molar-refractivity contribution in [2.24, 2.45) is 11.8 Å². The molecule has 0 heterocycles. The summed E-state index contributed by atoms with van der Waals surface area (Å²) in [5.74, 6) is 1.66. The highest BCUT2D eigenvalue weighted by Crippen LogP contribution is 2.28. The van der Waals surface area contributed by atoms with E-state index in [9.17, 15) is 0 Å². The van der Waals surface area contributed by atoms with E-state index < -0.39 is 0 Å². The van der Waals surface area contributed by atoms with Crippen molar-refractivity contribution in [1.29, 1.82) is 0 Å². The second kappa shape index (κ2) is 7.05. The average molecular weight is 221 g/mol. The van der Waals surface area contributed by atoms with Gasteiger partial charge in [-0.2, -0.15) is 0 Å². The molecular weight excluding hydrogens is 196 g/mol. The maximum atomic E-state index is 2.46. The molecule has 0 aliphatic heterocycles. The van der Waals surface area contributed by atoms with Crippen LogP contribution in [0.4, 0.5) is 0 Å². The molecule has 0 bridgehead atoms. The van der Waals surface area contributed by atoms with E-state index in [2.05, 4.69) is 42.3 Å². The molecule has 1 unspecified atom stereocenters. The maximum Gasteiger partial charge on any atom is 0.283 e. The van der Waals surface area contributed by atoms with Gasteiger partial charge in [-0.3, -0.25) is 0 Å². The van der Waals surface area contributed by atoms with Crippen LogP contribution in [0.1, 0.15) is 46.0 Å². The lowest BCUT2D eigenvalue weighted by Crippen LogP contribution is -2.05. The highest BCUT2D eigenvalue weighted by molar-refractivity contribution is 6.08. The fourth-order valence-corrected chi connectivity index (χ4v) is 2.36. The third kappa shape index (κ3) is 5.36. The molecule has 0 N–H and O–H groups in total. The molecule has 0 aromatic carbocycles. The van der Waals surface area contributed by atoms with E-state index in [4.69, 9.17) is 0 Å². The van der Waals surface area contributed by atoms with Gasteiger partial charge in [0.2, 0.25) is 0 Å². The van der Waals surface area contributed by atoms with Crippen molar-refractivity contribution in [3.05, 3.63) is 23.8 Å². The highest BCUT2D eigenvalue weighted by Gasteiger charge is 2.12. The highest BCUT2D eigenvalue weighted by atomic mass is 28.1. The summed E-state index contributed by atoms with van der Waals surface area (Å²) in [4.78, 5) is 0. The topological polar surface area (TPSA) is 0 Å². The van der Waals surface area contributed by atoms with Crippen LogP contribution < -0.4 is 0 Å². The van der Waals surface area contributed by atoms with Crippen LogP contribution in [0.15, 0.2) is 23.8 Å². The molecule has 0 saturated heterocycles. The molecule has 1 rings (SSSR count). The lowest BCUT2D eigenvalue weighted by atomic mass is 9.86. The Morgan fingerprint density at radius 3 is 2.87 bits per heavy atom. The summed E-state index contributed by atoms with van der Waals surface area (Å²) in [6.45, 7) is 4.48. The van der Waals surface area contributed by atoms with Crippen molar-refractivity contribution in [2.75, 3.05) is 0 Å². The predicted molar refractivity (Wildman–Crippen MR) is 72.0 cm³/mol. The molecule has 1 aliphatic carbocycles.